The van der Waals surface area contributed by atoms with E-state index in [0.29, 0.717) is 11.3 Å². The van der Waals surface area contributed by atoms with Crippen LogP contribution in [0.4, 0.5) is 5.69 Å². The molecule has 3 aromatic rings. The number of carbonyl (C=O) groups excluding carboxylic acids is 5. The van der Waals surface area contributed by atoms with Crippen molar-refractivity contribution in [3.63, 3.8) is 0 Å². The van der Waals surface area contributed by atoms with Crippen LogP contribution < -0.4 is 9.64 Å². The van der Waals surface area contributed by atoms with Gasteiger partial charge < -0.3 is 14.2 Å². The number of amides is 2. The Labute approximate surface area is 223 Å². The molecule has 2 fully saturated rings. The summed E-state index contributed by atoms with van der Waals surface area (Å²) in [6.45, 7) is 1.89. The number of hydrogen-bond donors (Lipinski definition) is 0. The number of methoxy groups -OCH3 is 1. The fourth-order valence-corrected chi connectivity index (χ4v) is 5.83. The second-order valence-electron chi connectivity index (χ2n) is 9.53. The Balaban J connectivity index is 1.46. The van der Waals surface area contributed by atoms with Gasteiger partial charge in [-0.1, -0.05) is 36.4 Å². The summed E-state index contributed by atoms with van der Waals surface area (Å²) in [6.07, 6.45) is -1.04. The van der Waals surface area contributed by atoms with Crippen molar-refractivity contribution in [2.24, 2.45) is 11.8 Å². The summed E-state index contributed by atoms with van der Waals surface area (Å²) in [4.78, 5) is 68.7. The Kier molecular flexibility index (Phi) is 5.69. The molecule has 9 heteroatoms. The molecule has 3 atom stereocenters. The molecule has 3 aromatic carbocycles. The highest BCUT2D eigenvalue weighted by molar-refractivity contribution is 6.37. The van der Waals surface area contributed by atoms with Gasteiger partial charge in [-0.25, -0.2) is 9.69 Å². The highest BCUT2D eigenvalue weighted by atomic mass is 16.5. The smallest absolute Gasteiger partial charge is 0.338 e. The first-order valence-electron chi connectivity index (χ1n) is 12.5. The molecule has 0 aromatic heterocycles. The van der Waals surface area contributed by atoms with Crippen LogP contribution in [0.2, 0.25) is 0 Å². The molecule has 1 spiro atoms. The van der Waals surface area contributed by atoms with Crippen molar-refractivity contribution in [2.45, 2.75) is 18.6 Å². The minimum Gasteiger partial charge on any atom is -0.497 e. The third kappa shape index (κ3) is 3.39. The van der Waals surface area contributed by atoms with E-state index < -0.39 is 52.9 Å². The van der Waals surface area contributed by atoms with Crippen molar-refractivity contribution in [3.05, 3.63) is 95.1 Å². The fourth-order valence-electron chi connectivity index (χ4n) is 5.83. The highest BCUT2D eigenvalue weighted by Gasteiger charge is 2.74. The molecule has 3 aliphatic rings. The maximum Gasteiger partial charge on any atom is 0.338 e. The molecule has 1 aliphatic carbocycles. The molecule has 0 bridgehead atoms. The molecule has 0 unspecified atom stereocenters. The van der Waals surface area contributed by atoms with Crippen molar-refractivity contribution in [1.82, 2.24) is 0 Å². The van der Waals surface area contributed by atoms with Gasteiger partial charge >= 0.3 is 5.97 Å². The molecule has 39 heavy (non-hydrogen) atoms. The number of Topliss-reactive ketones (excluding diaryl/α,β-unsaturated/α-hetero) is 2. The van der Waals surface area contributed by atoms with Gasteiger partial charge in [-0.2, -0.15) is 0 Å². The summed E-state index contributed by atoms with van der Waals surface area (Å²) >= 11 is 0. The standard InChI is InChI=1S/C30H23NO8/c1-3-38-29(36)17-8-12-18(13-9-17)31-27(34)22-23(28(31)35)30(25(32)20-6-4-5-7-21(20)26(30)33)39-24(22)16-10-14-19(37-2)15-11-16/h4-15,22-24H,3H2,1-2H3/t22-,23-,24-/m0/s1. The van der Waals surface area contributed by atoms with Crippen molar-refractivity contribution >= 4 is 35.0 Å². The van der Waals surface area contributed by atoms with Gasteiger partial charge in [0.2, 0.25) is 29.0 Å². The molecule has 2 saturated heterocycles. The van der Waals surface area contributed by atoms with Crippen LogP contribution in [0.3, 0.4) is 0 Å². The normalized spacial score (nSPS) is 22.8. The number of hydrogen-bond acceptors (Lipinski definition) is 8. The molecule has 2 amide bonds. The lowest BCUT2D eigenvalue weighted by Crippen LogP contribution is -2.51. The summed E-state index contributed by atoms with van der Waals surface area (Å²) in [5.74, 6) is -5.02. The van der Waals surface area contributed by atoms with Crippen LogP contribution in [0.25, 0.3) is 0 Å². The van der Waals surface area contributed by atoms with Crippen molar-refractivity contribution in [1.29, 1.82) is 0 Å². The van der Waals surface area contributed by atoms with E-state index in [1.165, 1.54) is 43.5 Å². The average molecular weight is 526 g/mol. The minimum atomic E-state index is -2.16. The predicted octanol–water partition coefficient (Wildman–Crippen LogP) is 3.57. The van der Waals surface area contributed by atoms with Gasteiger partial charge in [0.1, 0.15) is 5.75 Å². The van der Waals surface area contributed by atoms with Gasteiger partial charge in [0.25, 0.3) is 0 Å². The fraction of sp³-hybridized carbons (Fsp3) is 0.233. The average Bonchev–Trinajstić information content (AvgIpc) is 3.53. The van der Waals surface area contributed by atoms with E-state index in [1.807, 2.05) is 0 Å². The predicted molar refractivity (Wildman–Crippen MR) is 137 cm³/mol. The summed E-state index contributed by atoms with van der Waals surface area (Å²) in [5.41, 5.74) is -0.840. The van der Waals surface area contributed by atoms with Crippen LogP contribution in [-0.2, 0) is 19.1 Å². The number of anilines is 1. The number of carbonyl (C=O) groups is 5. The molecule has 196 valence electrons. The zero-order chi connectivity index (χ0) is 27.5. The highest BCUT2D eigenvalue weighted by Crippen LogP contribution is 2.57. The van der Waals surface area contributed by atoms with E-state index in [0.717, 1.165) is 4.90 Å². The molecule has 2 aliphatic heterocycles. The van der Waals surface area contributed by atoms with Gasteiger partial charge in [0.15, 0.2) is 0 Å². The number of imide groups is 1. The summed E-state index contributed by atoms with van der Waals surface area (Å²) in [7, 11) is 1.52. The van der Waals surface area contributed by atoms with Crippen LogP contribution in [0, 0.1) is 11.8 Å². The SMILES string of the molecule is CCOC(=O)c1ccc(N2C(=O)[C@H]3[C@@H](C2=O)C2(O[C@H]3c3ccc(OC)cc3)C(=O)c3ccccc3C2=O)cc1. The molecule has 6 rings (SSSR count). The van der Waals surface area contributed by atoms with E-state index >= 15 is 0 Å². The van der Waals surface area contributed by atoms with Gasteiger partial charge in [-0.15, -0.1) is 0 Å². The van der Waals surface area contributed by atoms with E-state index in [9.17, 15) is 24.0 Å². The maximum atomic E-state index is 14.0. The number of esters is 1. The lowest BCUT2D eigenvalue weighted by Gasteiger charge is -2.27. The van der Waals surface area contributed by atoms with Gasteiger partial charge in [-0.3, -0.25) is 19.2 Å². The Bertz CT molecular complexity index is 1510. The van der Waals surface area contributed by atoms with Crippen molar-refractivity contribution < 1.29 is 38.2 Å². The topological polar surface area (TPSA) is 116 Å². The van der Waals surface area contributed by atoms with Gasteiger partial charge in [-0.05, 0) is 48.9 Å². The van der Waals surface area contributed by atoms with Gasteiger partial charge in [0.05, 0.1) is 42.9 Å². The largest absolute Gasteiger partial charge is 0.497 e. The second-order valence-corrected chi connectivity index (χ2v) is 9.53. The summed E-state index contributed by atoms with van der Waals surface area (Å²) in [6, 6.07) is 18.9. The van der Waals surface area contributed by atoms with E-state index in [-0.39, 0.29) is 29.0 Å². The number of ether oxygens (including phenoxy) is 3. The maximum absolute atomic E-state index is 14.0. The van der Waals surface area contributed by atoms with Gasteiger partial charge in [0, 0.05) is 11.1 Å². The molecular weight excluding hydrogens is 502 g/mol. The third-order valence-corrected chi connectivity index (χ3v) is 7.60. The van der Waals surface area contributed by atoms with Crippen LogP contribution in [0.5, 0.6) is 5.75 Å². The van der Waals surface area contributed by atoms with Crippen LogP contribution >= 0.6 is 0 Å². The molecule has 0 radical (unpaired) electrons. The Morgan fingerprint density at radius 2 is 1.49 bits per heavy atom. The van der Waals surface area contributed by atoms with Crippen molar-refractivity contribution in [2.75, 3.05) is 18.6 Å². The first kappa shape index (κ1) is 24.7. The second kappa shape index (κ2) is 8.99. The first-order valence-corrected chi connectivity index (χ1v) is 12.5. The Morgan fingerprint density at radius 1 is 0.872 bits per heavy atom. The number of nitrogens with zero attached hydrogens (tertiary/aromatic N) is 1. The number of ketones is 2. The van der Waals surface area contributed by atoms with E-state index in [2.05, 4.69) is 0 Å². The van der Waals surface area contributed by atoms with Crippen molar-refractivity contribution in [3.8, 4) is 5.75 Å². The summed E-state index contributed by atoms with van der Waals surface area (Å²) in [5, 5.41) is 0. The molecule has 0 saturated carbocycles. The molecule has 0 N–H and O–H groups in total. The zero-order valence-electron chi connectivity index (χ0n) is 21.1. The molecule has 9 nitrogen and oxygen atoms in total. The quantitative estimate of drug-likeness (QED) is 0.282. The number of rotatable bonds is 5. The molecule has 2 heterocycles. The van der Waals surface area contributed by atoms with E-state index in [4.69, 9.17) is 14.2 Å². The number of fused-ring (bicyclic) bond motifs is 3. The van der Waals surface area contributed by atoms with Crippen LogP contribution in [0.15, 0.2) is 72.8 Å². The lowest BCUT2D eigenvalue weighted by molar-refractivity contribution is -0.127. The zero-order valence-corrected chi connectivity index (χ0v) is 21.1. The monoisotopic (exact) mass is 525 g/mol. The minimum absolute atomic E-state index is 0.161. The van der Waals surface area contributed by atoms with Crippen LogP contribution in [0.1, 0.15) is 49.7 Å². The Morgan fingerprint density at radius 3 is 2.05 bits per heavy atom. The summed E-state index contributed by atoms with van der Waals surface area (Å²) < 4.78 is 16.5. The Hall–Kier alpha value is -4.63. The third-order valence-electron chi connectivity index (χ3n) is 7.60. The lowest BCUT2D eigenvalue weighted by atomic mass is 9.77. The first-order chi connectivity index (χ1) is 18.8. The number of benzene rings is 3. The van der Waals surface area contributed by atoms with E-state index in [1.54, 1.807) is 43.3 Å². The van der Waals surface area contributed by atoms with Crippen LogP contribution in [-0.4, -0.2) is 48.7 Å². The molecular formula is C30H23NO8.